The minimum Gasteiger partial charge on any atom is -0.397 e. The molecule has 0 aliphatic heterocycles. The zero-order valence-electron chi connectivity index (χ0n) is 20.5. The molecule has 1 aromatic rings. The van der Waals surface area contributed by atoms with E-state index in [4.69, 9.17) is 11.5 Å². The summed E-state index contributed by atoms with van der Waals surface area (Å²) in [5.41, 5.74) is 18.1. The summed E-state index contributed by atoms with van der Waals surface area (Å²) in [5.74, 6) is 10.2. The van der Waals surface area contributed by atoms with Crippen LogP contribution in [0.4, 0.5) is 11.4 Å². The van der Waals surface area contributed by atoms with E-state index in [0.29, 0.717) is 46.3 Å². The lowest BCUT2D eigenvalue weighted by Gasteiger charge is -2.85. The molecule has 9 aliphatic rings. The van der Waals surface area contributed by atoms with Gasteiger partial charge in [-0.25, -0.2) is 0 Å². The molecular formula is C30H40N2O2. The third-order valence-electron chi connectivity index (χ3n) is 15.0. The number of aliphatic hydroxyl groups excluding tert-OH is 2. The number of hydrogen-bond donors (Lipinski definition) is 4. The van der Waals surface area contributed by atoms with Crippen LogP contribution in [-0.2, 0) is 0 Å². The van der Waals surface area contributed by atoms with Gasteiger partial charge in [-0.3, -0.25) is 0 Å². The van der Waals surface area contributed by atoms with Crippen molar-refractivity contribution in [2.45, 2.75) is 51.4 Å². The maximum absolute atomic E-state index is 10.3. The quantitative estimate of drug-likeness (QED) is 0.395. The molecule has 8 saturated carbocycles. The Morgan fingerprint density at radius 1 is 0.706 bits per heavy atom. The van der Waals surface area contributed by atoms with Crippen molar-refractivity contribution < 1.29 is 10.2 Å². The standard InChI is InChI=1S/C30H40N2O2/c1-29-25-15-5-16(14-8-22(32)21(31)7-13(14)15)26(25)30(29,2)28-18-6-17(27(28)29)23-11-3-4-12(24(18)23)20(10-34)19(11)9-33/h7-8,11-12,15-20,23-28,33-34H,3-6,9-10,31-32H2,1-2H3/t11-,12+,15+,16-,17-,18+,19-,20-,23+,24-,25+,26-,27-,28+,29+,30-/m1/s1. The summed E-state index contributed by atoms with van der Waals surface area (Å²) in [6.07, 6.45) is 5.37. The summed E-state index contributed by atoms with van der Waals surface area (Å²) in [5, 5.41) is 20.7. The van der Waals surface area contributed by atoms with Crippen LogP contribution in [0.5, 0.6) is 0 Å². The molecule has 0 amide bonds. The number of fused-ring (bicyclic) bond motifs is 20. The number of anilines is 2. The summed E-state index contributed by atoms with van der Waals surface area (Å²) < 4.78 is 0. The van der Waals surface area contributed by atoms with E-state index in [0.717, 1.165) is 58.7 Å². The van der Waals surface area contributed by atoms with Gasteiger partial charge in [-0.05, 0) is 143 Å². The molecule has 9 aliphatic carbocycles. The minimum absolute atomic E-state index is 0.284. The highest BCUT2D eigenvalue weighted by Crippen LogP contribution is 2.95. The molecular weight excluding hydrogens is 420 g/mol. The van der Waals surface area contributed by atoms with Gasteiger partial charge in [0.15, 0.2) is 0 Å². The second-order valence-electron chi connectivity index (χ2n) is 14.5. The molecule has 16 atom stereocenters. The Morgan fingerprint density at radius 3 is 1.56 bits per heavy atom. The van der Waals surface area contributed by atoms with Crippen LogP contribution < -0.4 is 11.5 Å². The smallest absolute Gasteiger partial charge is 0.0550 e. The summed E-state index contributed by atoms with van der Waals surface area (Å²) in [4.78, 5) is 0. The van der Waals surface area contributed by atoms with Gasteiger partial charge < -0.3 is 21.7 Å². The normalized spacial score (nSPS) is 62.4. The first-order valence-electron chi connectivity index (χ1n) is 14.3. The van der Waals surface area contributed by atoms with Crippen LogP contribution in [0.25, 0.3) is 0 Å². The summed E-state index contributed by atoms with van der Waals surface area (Å²) in [7, 11) is 0. The highest BCUT2D eigenvalue weighted by Gasteiger charge is 2.90. The van der Waals surface area contributed by atoms with Gasteiger partial charge in [0.2, 0.25) is 0 Å². The molecule has 10 rings (SSSR count). The van der Waals surface area contributed by atoms with Crippen LogP contribution in [-0.4, -0.2) is 23.4 Å². The molecule has 6 N–H and O–H groups in total. The van der Waals surface area contributed by atoms with E-state index in [1.54, 1.807) is 0 Å². The number of aliphatic hydroxyl groups is 2. The Bertz CT molecular complexity index is 1050. The maximum Gasteiger partial charge on any atom is 0.0550 e. The number of rotatable bonds is 2. The second kappa shape index (κ2) is 5.67. The molecule has 0 aromatic heterocycles. The van der Waals surface area contributed by atoms with E-state index >= 15 is 0 Å². The van der Waals surface area contributed by atoms with E-state index in [2.05, 4.69) is 26.0 Å². The molecule has 0 spiro atoms. The minimum atomic E-state index is 0.284. The Balaban J connectivity index is 1.14. The lowest BCUT2D eigenvalue weighted by Crippen LogP contribution is -2.81. The fraction of sp³-hybridized carbons (Fsp3) is 0.800. The van der Waals surface area contributed by atoms with Crippen LogP contribution in [0.1, 0.15) is 62.5 Å². The third kappa shape index (κ3) is 1.64. The van der Waals surface area contributed by atoms with Gasteiger partial charge in [0.05, 0.1) is 11.4 Å². The van der Waals surface area contributed by atoms with E-state index < -0.39 is 0 Å². The Morgan fingerprint density at radius 2 is 1.15 bits per heavy atom. The first kappa shape index (κ1) is 19.9. The zero-order chi connectivity index (χ0) is 23.0. The number of hydrogen-bond acceptors (Lipinski definition) is 4. The monoisotopic (exact) mass is 460 g/mol. The van der Waals surface area contributed by atoms with Gasteiger partial charge in [-0.15, -0.1) is 0 Å². The highest BCUT2D eigenvalue weighted by molar-refractivity contribution is 5.69. The average molecular weight is 461 g/mol. The SMILES string of the molecule is C[C@@]12[C@H]3[C@H]4C[C@H]([C@@H]5[C@@H]6CC[C@@H]([C@@H](CO)[C@@H]6CO)[C@H]45)[C@H]3[C@]1(C)[C@@H]1[C@H]2[C@@H]2C[C@H]1c1cc(N)c(N)cc12. The third-order valence-corrected chi connectivity index (χ3v) is 15.0. The van der Waals surface area contributed by atoms with Crippen molar-refractivity contribution in [1.29, 1.82) is 0 Å². The van der Waals surface area contributed by atoms with Gasteiger partial charge in [0, 0.05) is 13.2 Å². The van der Waals surface area contributed by atoms with E-state index in [-0.39, 0.29) is 13.2 Å². The van der Waals surface area contributed by atoms with Crippen molar-refractivity contribution in [3.63, 3.8) is 0 Å². The van der Waals surface area contributed by atoms with Crippen LogP contribution in [0.3, 0.4) is 0 Å². The molecule has 8 fully saturated rings. The molecule has 4 nitrogen and oxygen atoms in total. The number of nitrogen functional groups attached to an aromatic ring is 2. The average Bonchev–Trinajstić information content (AvgIpc) is 3.60. The Hall–Kier alpha value is -1.26. The molecule has 0 radical (unpaired) electrons. The van der Waals surface area contributed by atoms with Crippen molar-refractivity contribution in [3.8, 4) is 0 Å². The molecule has 1 aromatic carbocycles. The highest BCUT2D eigenvalue weighted by atomic mass is 16.3. The van der Waals surface area contributed by atoms with Crippen molar-refractivity contribution in [2.75, 3.05) is 24.7 Å². The first-order chi connectivity index (χ1) is 16.4. The van der Waals surface area contributed by atoms with E-state index in [9.17, 15) is 10.2 Å². The van der Waals surface area contributed by atoms with Gasteiger partial charge in [-0.2, -0.15) is 0 Å². The molecule has 4 heteroatoms. The summed E-state index contributed by atoms with van der Waals surface area (Å²) >= 11 is 0. The lowest BCUT2D eigenvalue weighted by molar-refractivity contribution is -0.378. The molecule has 34 heavy (non-hydrogen) atoms. The molecule has 0 unspecified atom stereocenters. The predicted molar refractivity (Wildman–Crippen MR) is 131 cm³/mol. The van der Waals surface area contributed by atoms with E-state index in [1.165, 1.54) is 36.8 Å². The van der Waals surface area contributed by atoms with Crippen molar-refractivity contribution >= 4 is 11.4 Å². The molecule has 0 saturated heterocycles. The topological polar surface area (TPSA) is 92.5 Å². The van der Waals surface area contributed by atoms with E-state index in [1.807, 2.05) is 0 Å². The van der Waals surface area contributed by atoms with Crippen molar-refractivity contribution in [3.05, 3.63) is 23.3 Å². The lowest BCUT2D eigenvalue weighted by atomic mass is 9.18. The maximum atomic E-state index is 10.3. The molecule has 6 bridgehead atoms. The fourth-order valence-corrected chi connectivity index (χ4v) is 14.6. The zero-order valence-corrected chi connectivity index (χ0v) is 20.5. The second-order valence-corrected chi connectivity index (χ2v) is 14.5. The summed E-state index contributed by atoms with van der Waals surface area (Å²) in [6, 6.07) is 4.47. The Kier molecular flexibility index (Phi) is 3.31. The fourth-order valence-electron chi connectivity index (χ4n) is 14.6. The first-order valence-corrected chi connectivity index (χ1v) is 14.3. The van der Waals surface area contributed by atoms with Crippen molar-refractivity contribution in [1.82, 2.24) is 0 Å². The van der Waals surface area contributed by atoms with Crippen molar-refractivity contribution in [2.24, 2.45) is 81.8 Å². The van der Waals surface area contributed by atoms with Crippen LogP contribution in [0.15, 0.2) is 12.1 Å². The Labute approximate surface area is 202 Å². The van der Waals surface area contributed by atoms with Gasteiger partial charge in [-0.1, -0.05) is 13.8 Å². The number of nitrogens with two attached hydrogens (primary N) is 2. The van der Waals surface area contributed by atoms with Gasteiger partial charge in [0.25, 0.3) is 0 Å². The largest absolute Gasteiger partial charge is 0.397 e. The molecule has 182 valence electrons. The van der Waals surface area contributed by atoms with Gasteiger partial charge >= 0.3 is 0 Å². The predicted octanol–water partition coefficient (Wildman–Crippen LogP) is 4.08. The van der Waals surface area contributed by atoms with Crippen LogP contribution >= 0.6 is 0 Å². The van der Waals surface area contributed by atoms with Crippen LogP contribution in [0.2, 0.25) is 0 Å². The summed E-state index contributed by atoms with van der Waals surface area (Å²) in [6.45, 7) is 5.97. The van der Waals surface area contributed by atoms with Gasteiger partial charge in [0.1, 0.15) is 0 Å². The molecule has 0 heterocycles. The number of benzene rings is 1. The van der Waals surface area contributed by atoms with Crippen LogP contribution in [0, 0.1) is 81.8 Å².